The fourth-order valence-corrected chi connectivity index (χ4v) is 2.97. The molecule has 0 unspecified atom stereocenters. The van der Waals surface area contributed by atoms with E-state index in [9.17, 15) is 9.59 Å². The molecule has 1 amide bonds. The van der Waals surface area contributed by atoms with Crippen LogP contribution in [0.4, 0.5) is 0 Å². The molecule has 3 aromatic rings. The number of fused-ring (bicyclic) bond motifs is 3. The fourth-order valence-electron chi connectivity index (χ4n) is 2.97. The van der Waals surface area contributed by atoms with E-state index in [0.29, 0.717) is 36.3 Å². The molecule has 0 saturated carbocycles. The van der Waals surface area contributed by atoms with Crippen LogP contribution in [-0.2, 0) is 11.3 Å². The van der Waals surface area contributed by atoms with Gasteiger partial charge in [-0.25, -0.2) is 4.52 Å². The number of ether oxygens (including phenoxy) is 1. The molecule has 0 aliphatic carbocycles. The minimum Gasteiger partial charge on any atom is -0.379 e. The molecule has 7 heteroatoms. The normalized spacial score (nSPS) is 11.5. The average molecular weight is 356 g/mol. The van der Waals surface area contributed by atoms with Crippen LogP contribution >= 0.6 is 0 Å². The van der Waals surface area contributed by atoms with Crippen molar-refractivity contribution in [3.63, 3.8) is 0 Å². The van der Waals surface area contributed by atoms with Crippen molar-refractivity contribution in [2.45, 2.75) is 39.8 Å². The van der Waals surface area contributed by atoms with Crippen LogP contribution in [0.3, 0.4) is 0 Å². The maximum Gasteiger partial charge on any atom is 0.277 e. The molecule has 3 rings (SSSR count). The van der Waals surface area contributed by atoms with Crippen molar-refractivity contribution in [1.82, 2.24) is 19.5 Å². The molecular weight excluding hydrogens is 332 g/mol. The Hall–Kier alpha value is -2.67. The fraction of sp³-hybridized carbons (Fsp3) is 0.421. The van der Waals surface area contributed by atoms with E-state index in [1.165, 1.54) is 0 Å². The van der Waals surface area contributed by atoms with Crippen LogP contribution in [0.1, 0.15) is 37.6 Å². The Kier molecular flexibility index (Phi) is 5.37. The summed E-state index contributed by atoms with van der Waals surface area (Å²) in [5.74, 6) is -0.160. The number of carbonyl (C=O) groups excluding carboxylic acids is 1. The Balaban J connectivity index is 1.85. The van der Waals surface area contributed by atoms with Gasteiger partial charge in [0, 0.05) is 25.3 Å². The number of hydrogen-bond donors (Lipinski definition) is 1. The third-order valence-electron chi connectivity index (χ3n) is 4.24. The highest BCUT2D eigenvalue weighted by Crippen LogP contribution is 2.16. The lowest BCUT2D eigenvalue weighted by Crippen LogP contribution is -2.26. The number of nitrogens with zero attached hydrogens (tertiary/aromatic N) is 3. The van der Waals surface area contributed by atoms with E-state index in [2.05, 4.69) is 10.4 Å². The molecule has 0 bridgehead atoms. The number of amides is 1. The first kappa shape index (κ1) is 18.1. The summed E-state index contributed by atoms with van der Waals surface area (Å²) in [5, 5.41) is 7.12. The maximum atomic E-state index is 12.6. The summed E-state index contributed by atoms with van der Waals surface area (Å²) in [6.45, 7) is 7.56. The standard InChI is InChI=1S/C19H24N4O3/c1-4-22-17-12-14(18(24)20-9-5-11-26-13(2)3)6-7-15(17)23-16(19(22)25)8-10-21-23/h6-8,10,12-13H,4-5,9,11H2,1-3H3,(H,20,24). The first-order valence-corrected chi connectivity index (χ1v) is 8.93. The molecule has 1 aromatic carbocycles. The second-order valence-electron chi connectivity index (χ2n) is 6.41. The first-order valence-electron chi connectivity index (χ1n) is 8.93. The van der Waals surface area contributed by atoms with E-state index < -0.39 is 0 Å². The van der Waals surface area contributed by atoms with E-state index in [1.807, 2.05) is 26.8 Å². The quantitative estimate of drug-likeness (QED) is 0.659. The molecule has 138 valence electrons. The van der Waals surface area contributed by atoms with Gasteiger partial charge in [0.25, 0.3) is 11.5 Å². The molecule has 0 aliphatic heterocycles. The number of benzene rings is 1. The van der Waals surface area contributed by atoms with Crippen LogP contribution in [0.5, 0.6) is 0 Å². The topological polar surface area (TPSA) is 77.6 Å². The molecule has 2 aromatic heterocycles. The summed E-state index contributed by atoms with van der Waals surface area (Å²) in [4.78, 5) is 25.0. The third-order valence-corrected chi connectivity index (χ3v) is 4.24. The first-order chi connectivity index (χ1) is 12.5. The van der Waals surface area contributed by atoms with Crippen molar-refractivity contribution in [3.05, 3.63) is 46.4 Å². The van der Waals surface area contributed by atoms with Crippen LogP contribution in [0, 0.1) is 0 Å². The van der Waals surface area contributed by atoms with Gasteiger partial charge in [0.2, 0.25) is 0 Å². The molecule has 0 aliphatic rings. The molecule has 26 heavy (non-hydrogen) atoms. The van der Waals surface area contributed by atoms with Crippen LogP contribution in [0.2, 0.25) is 0 Å². The van der Waals surface area contributed by atoms with Crippen molar-refractivity contribution in [1.29, 1.82) is 0 Å². The maximum absolute atomic E-state index is 12.6. The Morgan fingerprint density at radius 1 is 1.23 bits per heavy atom. The largest absolute Gasteiger partial charge is 0.379 e. The Morgan fingerprint density at radius 3 is 2.77 bits per heavy atom. The highest BCUT2D eigenvalue weighted by molar-refractivity contribution is 5.97. The molecular formula is C19H24N4O3. The van der Waals surface area contributed by atoms with E-state index in [4.69, 9.17) is 4.74 Å². The van der Waals surface area contributed by atoms with Gasteiger partial charge in [-0.2, -0.15) is 5.10 Å². The van der Waals surface area contributed by atoms with Gasteiger partial charge in [-0.1, -0.05) is 0 Å². The van der Waals surface area contributed by atoms with Gasteiger partial charge in [-0.15, -0.1) is 0 Å². The zero-order valence-electron chi connectivity index (χ0n) is 15.4. The lowest BCUT2D eigenvalue weighted by atomic mass is 10.1. The second-order valence-corrected chi connectivity index (χ2v) is 6.41. The van der Waals surface area contributed by atoms with Crippen LogP contribution in [0.15, 0.2) is 35.3 Å². The molecule has 0 saturated heterocycles. The van der Waals surface area contributed by atoms with Crippen molar-refractivity contribution < 1.29 is 9.53 Å². The van der Waals surface area contributed by atoms with Gasteiger partial charge in [-0.05, 0) is 51.5 Å². The molecule has 7 nitrogen and oxygen atoms in total. The Morgan fingerprint density at radius 2 is 2.04 bits per heavy atom. The zero-order chi connectivity index (χ0) is 18.7. The number of hydrogen-bond acceptors (Lipinski definition) is 4. The third kappa shape index (κ3) is 3.48. The van der Waals surface area contributed by atoms with E-state index in [-0.39, 0.29) is 17.6 Å². The second kappa shape index (κ2) is 7.70. The average Bonchev–Trinajstić information content (AvgIpc) is 3.11. The number of rotatable bonds is 7. The van der Waals surface area contributed by atoms with Crippen molar-refractivity contribution in [2.75, 3.05) is 13.2 Å². The van der Waals surface area contributed by atoms with Gasteiger partial charge < -0.3 is 14.6 Å². The highest BCUT2D eigenvalue weighted by atomic mass is 16.5. The molecule has 2 heterocycles. The van der Waals surface area contributed by atoms with Crippen molar-refractivity contribution in [2.24, 2.45) is 0 Å². The van der Waals surface area contributed by atoms with Gasteiger partial charge in [0.1, 0.15) is 5.52 Å². The summed E-state index contributed by atoms with van der Waals surface area (Å²) in [7, 11) is 0. The summed E-state index contributed by atoms with van der Waals surface area (Å²) in [5.41, 5.74) is 2.44. The van der Waals surface area contributed by atoms with Crippen molar-refractivity contribution >= 4 is 22.5 Å². The number of carbonyl (C=O) groups is 1. The minimum atomic E-state index is -0.160. The van der Waals surface area contributed by atoms with Crippen LogP contribution in [0.25, 0.3) is 16.6 Å². The Labute approximate surface area is 151 Å². The predicted octanol–water partition coefficient (Wildman–Crippen LogP) is 2.21. The smallest absolute Gasteiger partial charge is 0.277 e. The summed E-state index contributed by atoms with van der Waals surface area (Å²) in [6, 6.07) is 7.04. The monoisotopic (exact) mass is 356 g/mol. The molecule has 0 radical (unpaired) electrons. The van der Waals surface area contributed by atoms with Crippen molar-refractivity contribution in [3.8, 4) is 0 Å². The van der Waals surface area contributed by atoms with Gasteiger partial charge in [0.05, 0.1) is 23.3 Å². The minimum absolute atomic E-state index is 0.110. The lowest BCUT2D eigenvalue weighted by molar-refractivity contribution is 0.0757. The number of nitrogens with one attached hydrogen (secondary N) is 1. The van der Waals surface area contributed by atoms with Gasteiger partial charge in [-0.3, -0.25) is 9.59 Å². The Bertz CT molecular complexity index is 988. The number of aryl methyl sites for hydroxylation is 1. The summed E-state index contributed by atoms with van der Waals surface area (Å²) < 4.78 is 8.75. The summed E-state index contributed by atoms with van der Waals surface area (Å²) in [6.07, 6.45) is 2.55. The lowest BCUT2D eigenvalue weighted by Gasteiger charge is -2.12. The van der Waals surface area contributed by atoms with E-state index >= 15 is 0 Å². The van der Waals surface area contributed by atoms with Crippen LogP contribution < -0.4 is 10.9 Å². The van der Waals surface area contributed by atoms with E-state index in [1.54, 1.807) is 33.5 Å². The van der Waals surface area contributed by atoms with E-state index in [0.717, 1.165) is 11.9 Å². The van der Waals surface area contributed by atoms with Gasteiger partial charge in [0.15, 0.2) is 0 Å². The predicted molar refractivity (Wildman–Crippen MR) is 101 cm³/mol. The number of aromatic nitrogens is 3. The van der Waals surface area contributed by atoms with Gasteiger partial charge >= 0.3 is 0 Å². The summed E-state index contributed by atoms with van der Waals surface area (Å²) >= 11 is 0. The molecule has 0 spiro atoms. The molecule has 0 fully saturated rings. The molecule has 0 atom stereocenters. The molecule has 1 N–H and O–H groups in total. The zero-order valence-corrected chi connectivity index (χ0v) is 15.4. The highest BCUT2D eigenvalue weighted by Gasteiger charge is 2.13. The van der Waals surface area contributed by atoms with Crippen LogP contribution in [-0.4, -0.2) is 39.3 Å². The SMILES string of the molecule is CCn1c(=O)c2ccnn2c2ccc(C(=O)NCCCOC(C)C)cc21.